The van der Waals surface area contributed by atoms with Crippen LogP contribution in [0.25, 0.3) is 0 Å². The first-order valence-electron chi connectivity index (χ1n) is 8.77. The lowest BCUT2D eigenvalue weighted by molar-refractivity contribution is 0.634. The van der Waals surface area contributed by atoms with Gasteiger partial charge in [0, 0.05) is 51.7 Å². The highest BCUT2D eigenvalue weighted by Gasteiger charge is 2.21. The Morgan fingerprint density at radius 2 is 1.52 bits per heavy atom. The van der Waals surface area contributed by atoms with E-state index in [1.807, 2.05) is 24.4 Å². The Hall–Kier alpha value is -2.88. The van der Waals surface area contributed by atoms with Gasteiger partial charge in [0.15, 0.2) is 0 Å². The Kier molecular flexibility index (Phi) is 4.34. The molecule has 25 heavy (non-hydrogen) atoms. The summed E-state index contributed by atoms with van der Waals surface area (Å²) < 4.78 is 0. The molecule has 4 heterocycles. The lowest BCUT2D eigenvalue weighted by Crippen LogP contribution is -2.47. The fourth-order valence-corrected chi connectivity index (χ4v) is 3.39. The predicted molar refractivity (Wildman–Crippen MR) is 96.9 cm³/mol. The van der Waals surface area contributed by atoms with Gasteiger partial charge in [-0.2, -0.15) is 10.2 Å². The van der Waals surface area contributed by atoms with Crippen LogP contribution in [0.3, 0.4) is 0 Å². The summed E-state index contributed by atoms with van der Waals surface area (Å²) in [5.74, 6) is 2.78. The molecule has 0 atom stereocenters. The molecule has 2 aromatic heterocycles. The maximum atomic E-state index is 8.87. The molecule has 0 saturated carbocycles. The van der Waals surface area contributed by atoms with Crippen LogP contribution >= 0.6 is 0 Å². The molecular formula is C18H21N7. The van der Waals surface area contributed by atoms with Crippen molar-refractivity contribution in [1.29, 1.82) is 5.26 Å². The minimum atomic E-state index is 0.592. The summed E-state index contributed by atoms with van der Waals surface area (Å²) >= 11 is 0. The second-order valence-electron chi connectivity index (χ2n) is 6.40. The molecule has 128 valence electrons. The normalized spacial score (nSPS) is 17.6. The van der Waals surface area contributed by atoms with Crippen LogP contribution in [0.2, 0.25) is 0 Å². The number of aromatic nitrogens is 3. The highest BCUT2D eigenvalue weighted by Crippen LogP contribution is 2.21. The molecule has 4 rings (SSSR count). The zero-order valence-corrected chi connectivity index (χ0v) is 14.2. The van der Waals surface area contributed by atoms with Crippen LogP contribution in [0.4, 0.5) is 17.6 Å². The number of rotatable bonds is 3. The van der Waals surface area contributed by atoms with Gasteiger partial charge in [-0.3, -0.25) is 0 Å². The number of nitriles is 1. The van der Waals surface area contributed by atoms with E-state index in [9.17, 15) is 0 Å². The first-order chi connectivity index (χ1) is 12.3. The molecule has 2 aromatic rings. The quantitative estimate of drug-likeness (QED) is 0.845. The van der Waals surface area contributed by atoms with Gasteiger partial charge in [-0.15, -0.1) is 0 Å². The maximum Gasteiger partial charge on any atom is 0.227 e. The van der Waals surface area contributed by atoms with Crippen LogP contribution in [0.1, 0.15) is 18.4 Å². The lowest BCUT2D eigenvalue weighted by atomic mass is 10.2. The summed E-state index contributed by atoms with van der Waals surface area (Å²) in [5, 5.41) is 8.87. The van der Waals surface area contributed by atoms with Crippen molar-refractivity contribution >= 4 is 17.6 Å². The molecule has 0 spiro atoms. The van der Waals surface area contributed by atoms with Gasteiger partial charge in [-0.1, -0.05) is 0 Å². The molecule has 2 saturated heterocycles. The topological polar surface area (TPSA) is 72.2 Å². The van der Waals surface area contributed by atoms with Gasteiger partial charge in [-0.25, -0.2) is 9.97 Å². The summed E-state index contributed by atoms with van der Waals surface area (Å²) in [5.41, 5.74) is 0.592. The van der Waals surface area contributed by atoms with Crippen molar-refractivity contribution in [3.63, 3.8) is 0 Å². The van der Waals surface area contributed by atoms with E-state index in [4.69, 9.17) is 10.2 Å². The number of piperazine rings is 1. The molecular weight excluding hydrogens is 314 g/mol. The van der Waals surface area contributed by atoms with E-state index in [1.54, 1.807) is 6.20 Å². The van der Waals surface area contributed by atoms with Gasteiger partial charge >= 0.3 is 0 Å². The summed E-state index contributed by atoms with van der Waals surface area (Å²) in [7, 11) is 0. The molecule has 2 aliphatic rings. The van der Waals surface area contributed by atoms with E-state index in [1.165, 1.54) is 12.8 Å². The molecule has 2 aliphatic heterocycles. The average molecular weight is 335 g/mol. The Balaban J connectivity index is 1.41. The van der Waals surface area contributed by atoms with Crippen LogP contribution < -0.4 is 14.7 Å². The van der Waals surface area contributed by atoms with E-state index >= 15 is 0 Å². The predicted octanol–water partition coefficient (Wildman–Crippen LogP) is 1.67. The molecule has 7 nitrogen and oxygen atoms in total. The molecule has 0 unspecified atom stereocenters. The molecule has 0 amide bonds. The van der Waals surface area contributed by atoms with Crippen molar-refractivity contribution in [2.45, 2.75) is 12.8 Å². The third-order valence-electron chi connectivity index (χ3n) is 4.82. The van der Waals surface area contributed by atoms with Gasteiger partial charge in [0.2, 0.25) is 5.95 Å². The van der Waals surface area contributed by atoms with Crippen molar-refractivity contribution < 1.29 is 0 Å². The second-order valence-corrected chi connectivity index (χ2v) is 6.40. The third kappa shape index (κ3) is 3.33. The monoisotopic (exact) mass is 335 g/mol. The molecule has 0 N–H and O–H groups in total. The minimum Gasteiger partial charge on any atom is -0.356 e. The fraction of sp³-hybridized carbons (Fsp3) is 0.444. The number of pyridine rings is 1. The first-order valence-corrected chi connectivity index (χ1v) is 8.77. The smallest absolute Gasteiger partial charge is 0.227 e. The summed E-state index contributed by atoms with van der Waals surface area (Å²) in [6, 6.07) is 7.84. The second kappa shape index (κ2) is 6.93. The molecule has 7 heteroatoms. The molecule has 0 radical (unpaired) electrons. The zero-order chi connectivity index (χ0) is 17.1. The Morgan fingerprint density at radius 1 is 0.800 bits per heavy atom. The highest BCUT2D eigenvalue weighted by atomic mass is 15.3. The summed E-state index contributed by atoms with van der Waals surface area (Å²) in [4.78, 5) is 20.4. The average Bonchev–Trinajstić information content (AvgIpc) is 3.23. The Morgan fingerprint density at radius 3 is 2.20 bits per heavy atom. The minimum absolute atomic E-state index is 0.592. The number of anilines is 3. The summed E-state index contributed by atoms with van der Waals surface area (Å²) in [6.07, 6.45) is 5.99. The Bertz CT molecular complexity index is 754. The lowest BCUT2D eigenvalue weighted by Gasteiger charge is -2.35. The van der Waals surface area contributed by atoms with Crippen molar-refractivity contribution in [3.05, 3.63) is 36.2 Å². The van der Waals surface area contributed by atoms with Gasteiger partial charge in [0.05, 0.1) is 5.56 Å². The molecule has 0 aliphatic carbocycles. The zero-order valence-electron chi connectivity index (χ0n) is 14.2. The largest absolute Gasteiger partial charge is 0.356 e. The van der Waals surface area contributed by atoms with E-state index in [0.29, 0.717) is 5.56 Å². The van der Waals surface area contributed by atoms with Crippen molar-refractivity contribution in [3.8, 4) is 6.07 Å². The maximum absolute atomic E-state index is 8.87. The van der Waals surface area contributed by atoms with E-state index in [-0.39, 0.29) is 0 Å². The summed E-state index contributed by atoms with van der Waals surface area (Å²) in [6.45, 7) is 5.66. The van der Waals surface area contributed by atoms with Crippen LogP contribution in [0.15, 0.2) is 30.6 Å². The van der Waals surface area contributed by atoms with Gasteiger partial charge < -0.3 is 14.7 Å². The number of hydrogen-bond acceptors (Lipinski definition) is 7. The van der Waals surface area contributed by atoms with E-state index in [0.717, 1.165) is 56.9 Å². The number of hydrogen-bond donors (Lipinski definition) is 0. The highest BCUT2D eigenvalue weighted by molar-refractivity contribution is 5.47. The first kappa shape index (κ1) is 15.6. The number of nitrogens with zero attached hydrogens (tertiary/aromatic N) is 7. The van der Waals surface area contributed by atoms with Gasteiger partial charge in [0.25, 0.3) is 0 Å². The van der Waals surface area contributed by atoms with Crippen molar-refractivity contribution in [2.75, 3.05) is 54.0 Å². The van der Waals surface area contributed by atoms with E-state index < -0.39 is 0 Å². The fourth-order valence-electron chi connectivity index (χ4n) is 3.39. The SMILES string of the molecule is N#Cc1ccc(N2CCN(c3nccc(N4CCCC4)n3)CC2)nc1. The Labute approximate surface area is 147 Å². The molecule has 2 fully saturated rings. The molecule has 0 bridgehead atoms. The van der Waals surface area contributed by atoms with Gasteiger partial charge in [-0.05, 0) is 31.0 Å². The van der Waals surface area contributed by atoms with Crippen LogP contribution in [-0.2, 0) is 0 Å². The van der Waals surface area contributed by atoms with Crippen LogP contribution in [0, 0.1) is 11.3 Å². The van der Waals surface area contributed by atoms with Crippen molar-refractivity contribution in [1.82, 2.24) is 15.0 Å². The van der Waals surface area contributed by atoms with Crippen LogP contribution in [0.5, 0.6) is 0 Å². The van der Waals surface area contributed by atoms with Gasteiger partial charge in [0.1, 0.15) is 17.7 Å². The standard InChI is InChI=1S/C18H21N7/c19-13-15-3-4-16(21-14-15)24-9-11-25(12-10-24)18-20-6-5-17(22-18)23-7-1-2-8-23/h3-6,14H,1-2,7-12H2. The molecule has 0 aromatic carbocycles. The third-order valence-corrected chi connectivity index (χ3v) is 4.82. The van der Waals surface area contributed by atoms with E-state index in [2.05, 4.69) is 30.7 Å². The van der Waals surface area contributed by atoms with Crippen molar-refractivity contribution in [2.24, 2.45) is 0 Å². The van der Waals surface area contributed by atoms with Crippen LogP contribution in [-0.4, -0.2) is 54.2 Å².